The van der Waals surface area contributed by atoms with Crippen LogP contribution in [0.25, 0.3) is 0 Å². The molecular weight excluding hydrogens is 208 g/mol. The summed E-state index contributed by atoms with van der Waals surface area (Å²) in [6.07, 6.45) is 5.60. The molecular formula is C10H18N4S. The van der Waals surface area contributed by atoms with E-state index < -0.39 is 0 Å². The van der Waals surface area contributed by atoms with Crippen LogP contribution in [0.5, 0.6) is 0 Å². The maximum atomic E-state index is 5.44. The van der Waals surface area contributed by atoms with Gasteiger partial charge in [-0.05, 0) is 26.4 Å². The van der Waals surface area contributed by atoms with Crippen LogP contribution < -0.4 is 5.73 Å². The van der Waals surface area contributed by atoms with Gasteiger partial charge in [0.15, 0.2) is 0 Å². The van der Waals surface area contributed by atoms with Crippen molar-refractivity contribution in [1.29, 1.82) is 0 Å². The summed E-state index contributed by atoms with van der Waals surface area (Å²) in [5.41, 5.74) is 5.44. The molecule has 15 heavy (non-hydrogen) atoms. The van der Waals surface area contributed by atoms with Crippen molar-refractivity contribution in [3.05, 3.63) is 18.2 Å². The largest absolute Gasteiger partial charge is 0.393 e. The van der Waals surface area contributed by atoms with Crippen molar-refractivity contribution in [1.82, 2.24) is 14.5 Å². The van der Waals surface area contributed by atoms with Crippen molar-refractivity contribution in [2.45, 2.75) is 19.4 Å². The van der Waals surface area contributed by atoms with Gasteiger partial charge >= 0.3 is 0 Å². The maximum absolute atomic E-state index is 5.44. The third kappa shape index (κ3) is 4.40. The highest BCUT2D eigenvalue weighted by Crippen LogP contribution is 2.01. The highest BCUT2D eigenvalue weighted by Gasteiger charge is 2.04. The fraction of sp³-hybridized carbons (Fsp3) is 0.600. The molecule has 0 aliphatic rings. The van der Waals surface area contributed by atoms with E-state index in [1.807, 2.05) is 24.0 Å². The van der Waals surface area contributed by atoms with Crippen LogP contribution in [-0.4, -0.2) is 33.0 Å². The first-order chi connectivity index (χ1) is 7.09. The number of nitrogens with two attached hydrogens (primary N) is 1. The van der Waals surface area contributed by atoms with Gasteiger partial charge in [0, 0.05) is 19.4 Å². The highest BCUT2D eigenvalue weighted by atomic mass is 32.1. The van der Waals surface area contributed by atoms with Gasteiger partial charge in [0.1, 0.15) is 5.82 Å². The Bertz CT molecular complexity index is 321. The predicted molar refractivity (Wildman–Crippen MR) is 65.6 cm³/mol. The third-order valence-corrected chi connectivity index (χ3v) is 2.50. The lowest BCUT2D eigenvalue weighted by atomic mass is 10.3. The minimum absolute atomic E-state index is 0.598. The summed E-state index contributed by atoms with van der Waals surface area (Å²) in [4.78, 5) is 7.09. The van der Waals surface area contributed by atoms with Crippen LogP contribution in [0.3, 0.4) is 0 Å². The number of aromatic nitrogens is 2. The van der Waals surface area contributed by atoms with Gasteiger partial charge in [0.05, 0.1) is 11.5 Å². The highest BCUT2D eigenvalue weighted by molar-refractivity contribution is 7.80. The van der Waals surface area contributed by atoms with E-state index in [9.17, 15) is 0 Å². The molecule has 0 spiro atoms. The Morgan fingerprint density at radius 2 is 2.40 bits per heavy atom. The molecule has 1 heterocycles. The molecule has 0 bridgehead atoms. The molecule has 84 valence electrons. The number of nitrogens with zero attached hydrogens (tertiary/aromatic N) is 3. The van der Waals surface area contributed by atoms with E-state index >= 15 is 0 Å². The van der Waals surface area contributed by atoms with E-state index in [1.165, 1.54) is 0 Å². The maximum Gasteiger partial charge on any atom is 0.122 e. The second-order valence-electron chi connectivity index (χ2n) is 3.76. The number of aryl methyl sites for hydroxylation is 1. The first-order valence-electron chi connectivity index (χ1n) is 5.02. The van der Waals surface area contributed by atoms with Crippen LogP contribution in [0, 0.1) is 0 Å². The summed E-state index contributed by atoms with van der Waals surface area (Å²) >= 11 is 4.83. The van der Waals surface area contributed by atoms with E-state index in [0.29, 0.717) is 4.99 Å². The van der Waals surface area contributed by atoms with Gasteiger partial charge in [-0.1, -0.05) is 12.2 Å². The summed E-state index contributed by atoms with van der Waals surface area (Å²) in [7, 11) is 4.08. The summed E-state index contributed by atoms with van der Waals surface area (Å²) < 4.78 is 2.03. The van der Waals surface area contributed by atoms with E-state index in [4.69, 9.17) is 18.0 Å². The van der Waals surface area contributed by atoms with Crippen molar-refractivity contribution in [3.8, 4) is 0 Å². The minimum Gasteiger partial charge on any atom is -0.393 e. The van der Waals surface area contributed by atoms with Crippen molar-refractivity contribution < 1.29 is 0 Å². The molecule has 0 saturated carbocycles. The molecule has 0 aromatic carbocycles. The lowest BCUT2D eigenvalue weighted by molar-refractivity contribution is 0.313. The van der Waals surface area contributed by atoms with Crippen LogP contribution in [0.2, 0.25) is 0 Å². The van der Waals surface area contributed by atoms with E-state index in [-0.39, 0.29) is 0 Å². The zero-order valence-corrected chi connectivity index (χ0v) is 10.1. The monoisotopic (exact) mass is 226 g/mol. The van der Waals surface area contributed by atoms with Crippen molar-refractivity contribution in [2.24, 2.45) is 12.8 Å². The summed E-state index contributed by atoms with van der Waals surface area (Å²) in [5.74, 6) is 1.08. The second-order valence-corrected chi connectivity index (χ2v) is 4.29. The fourth-order valence-electron chi connectivity index (χ4n) is 1.39. The molecule has 1 rings (SSSR count). The van der Waals surface area contributed by atoms with Crippen LogP contribution in [0.15, 0.2) is 12.4 Å². The summed E-state index contributed by atoms with van der Waals surface area (Å²) in [6.45, 7) is 1.85. The molecule has 0 fully saturated rings. The van der Waals surface area contributed by atoms with E-state index in [0.717, 1.165) is 31.8 Å². The lowest BCUT2D eigenvalue weighted by Crippen LogP contribution is -2.22. The fourth-order valence-corrected chi connectivity index (χ4v) is 1.54. The van der Waals surface area contributed by atoms with Gasteiger partial charge in [0.25, 0.3) is 0 Å². The minimum atomic E-state index is 0.598. The molecule has 0 saturated heterocycles. The Morgan fingerprint density at radius 1 is 1.67 bits per heavy atom. The Kier molecular flexibility index (Phi) is 4.71. The van der Waals surface area contributed by atoms with Gasteiger partial charge in [-0.3, -0.25) is 4.90 Å². The number of rotatable bonds is 6. The van der Waals surface area contributed by atoms with Crippen molar-refractivity contribution >= 4 is 17.2 Å². The van der Waals surface area contributed by atoms with Gasteiger partial charge in [0.2, 0.25) is 0 Å². The summed E-state index contributed by atoms with van der Waals surface area (Å²) in [6, 6.07) is 0. The predicted octanol–water partition coefficient (Wildman–Crippen LogP) is 0.918. The number of hydrogen-bond donors (Lipinski definition) is 1. The molecule has 0 radical (unpaired) electrons. The van der Waals surface area contributed by atoms with E-state index in [1.54, 1.807) is 0 Å². The molecule has 1 aromatic heterocycles. The quantitative estimate of drug-likeness (QED) is 0.733. The number of thiocarbonyl (C=S) groups is 1. The standard InChI is InChI=1S/C10H18N4S/c1-13(6-3-4-9(11)15)8-10-12-5-7-14(10)2/h5,7H,3-4,6,8H2,1-2H3,(H2,11,15). The third-order valence-electron chi connectivity index (χ3n) is 2.30. The van der Waals surface area contributed by atoms with Crippen LogP contribution in [0.1, 0.15) is 18.7 Å². The Labute approximate surface area is 96.1 Å². The lowest BCUT2D eigenvalue weighted by Gasteiger charge is -2.15. The Balaban J connectivity index is 2.27. The topological polar surface area (TPSA) is 47.1 Å². The van der Waals surface area contributed by atoms with Crippen LogP contribution in [0.4, 0.5) is 0 Å². The molecule has 1 aromatic rings. The molecule has 0 amide bonds. The average molecular weight is 226 g/mol. The summed E-state index contributed by atoms with van der Waals surface area (Å²) in [5, 5.41) is 0. The van der Waals surface area contributed by atoms with Gasteiger partial charge in [-0.2, -0.15) is 0 Å². The van der Waals surface area contributed by atoms with Crippen molar-refractivity contribution in [3.63, 3.8) is 0 Å². The smallest absolute Gasteiger partial charge is 0.122 e. The van der Waals surface area contributed by atoms with Crippen LogP contribution in [-0.2, 0) is 13.6 Å². The molecule has 4 nitrogen and oxygen atoms in total. The zero-order chi connectivity index (χ0) is 11.3. The van der Waals surface area contributed by atoms with E-state index in [2.05, 4.69) is 16.9 Å². The number of imidazole rings is 1. The van der Waals surface area contributed by atoms with Crippen molar-refractivity contribution in [2.75, 3.05) is 13.6 Å². The Hall–Kier alpha value is -0.940. The molecule has 0 aliphatic carbocycles. The number of hydrogen-bond acceptors (Lipinski definition) is 3. The first kappa shape index (κ1) is 12.1. The van der Waals surface area contributed by atoms with Gasteiger partial charge in [-0.25, -0.2) is 4.98 Å². The molecule has 5 heteroatoms. The van der Waals surface area contributed by atoms with Gasteiger partial charge < -0.3 is 10.3 Å². The average Bonchev–Trinajstić information content (AvgIpc) is 2.51. The van der Waals surface area contributed by atoms with Crippen LogP contribution >= 0.6 is 12.2 Å². The molecule has 0 aliphatic heterocycles. The normalized spacial score (nSPS) is 10.9. The zero-order valence-electron chi connectivity index (χ0n) is 9.31. The first-order valence-corrected chi connectivity index (χ1v) is 5.43. The second kappa shape index (κ2) is 5.82. The molecule has 2 N–H and O–H groups in total. The Morgan fingerprint density at radius 3 is 2.93 bits per heavy atom. The van der Waals surface area contributed by atoms with Gasteiger partial charge in [-0.15, -0.1) is 0 Å². The SMILES string of the molecule is CN(CCCC(N)=S)Cc1nccn1C. The molecule has 0 atom stereocenters. The molecule has 0 unspecified atom stereocenters.